The topological polar surface area (TPSA) is 35.5 Å². The number of piperazine rings is 1. The minimum atomic E-state index is 0.791. The Labute approximate surface area is 167 Å². The van der Waals surface area contributed by atoms with Crippen LogP contribution in [0.1, 0.15) is 31.4 Å². The predicted octanol–water partition coefficient (Wildman–Crippen LogP) is 4.15. The lowest BCUT2D eigenvalue weighted by atomic mass is 10.2. The lowest BCUT2D eigenvalue weighted by Gasteiger charge is -2.36. The summed E-state index contributed by atoms with van der Waals surface area (Å²) in [6, 6.07) is 10.2. The van der Waals surface area contributed by atoms with Crippen molar-refractivity contribution in [1.29, 1.82) is 0 Å². The molecule has 0 N–H and O–H groups in total. The van der Waals surface area contributed by atoms with Crippen molar-refractivity contribution in [2.75, 3.05) is 54.0 Å². The number of benzene rings is 1. The van der Waals surface area contributed by atoms with E-state index >= 15 is 0 Å². The fourth-order valence-corrected chi connectivity index (χ4v) is 4.16. The van der Waals surface area contributed by atoms with Crippen molar-refractivity contribution >= 4 is 29.1 Å². The summed E-state index contributed by atoms with van der Waals surface area (Å²) in [6.07, 6.45) is 5.19. The highest BCUT2D eigenvalue weighted by Gasteiger charge is 2.21. The number of nitrogens with zero attached hydrogens (tertiary/aromatic N) is 5. The highest BCUT2D eigenvalue weighted by atomic mass is 35.5. The first-order valence-electron chi connectivity index (χ1n) is 10.1. The van der Waals surface area contributed by atoms with Crippen LogP contribution in [0.4, 0.5) is 17.5 Å². The fraction of sp³-hybridized carbons (Fsp3) is 0.524. The van der Waals surface area contributed by atoms with E-state index in [9.17, 15) is 0 Å². The van der Waals surface area contributed by atoms with Crippen LogP contribution in [0.15, 0.2) is 30.3 Å². The summed E-state index contributed by atoms with van der Waals surface area (Å²) in [4.78, 5) is 16.8. The largest absolute Gasteiger partial charge is 0.368 e. The molecule has 0 saturated carbocycles. The maximum Gasteiger partial charge on any atom is 0.227 e. The number of rotatable bonds is 3. The molecule has 2 aliphatic heterocycles. The minimum absolute atomic E-state index is 0.791. The van der Waals surface area contributed by atoms with Gasteiger partial charge in [-0.2, -0.15) is 4.98 Å². The van der Waals surface area contributed by atoms with Gasteiger partial charge in [-0.1, -0.05) is 30.5 Å². The molecule has 2 aromatic rings. The fourth-order valence-electron chi connectivity index (χ4n) is 3.98. The summed E-state index contributed by atoms with van der Waals surface area (Å²) in [5, 5.41) is 0.791. The lowest BCUT2D eigenvalue weighted by Crippen LogP contribution is -2.47. The Morgan fingerprint density at radius 3 is 2.19 bits per heavy atom. The third-order valence-electron chi connectivity index (χ3n) is 5.49. The van der Waals surface area contributed by atoms with Gasteiger partial charge < -0.3 is 14.7 Å². The molecule has 0 bridgehead atoms. The molecule has 2 saturated heterocycles. The quantitative estimate of drug-likeness (QED) is 0.793. The summed E-state index contributed by atoms with van der Waals surface area (Å²) in [5.74, 6) is 1.97. The number of halogens is 1. The molecule has 144 valence electrons. The second-order valence-electron chi connectivity index (χ2n) is 7.52. The van der Waals surface area contributed by atoms with Crippen LogP contribution in [0, 0.1) is 6.92 Å². The van der Waals surface area contributed by atoms with Crippen LogP contribution in [0.25, 0.3) is 0 Å². The Balaban J connectivity index is 1.46. The van der Waals surface area contributed by atoms with E-state index in [4.69, 9.17) is 21.6 Å². The molecule has 3 heterocycles. The van der Waals surface area contributed by atoms with Crippen LogP contribution in [0.3, 0.4) is 0 Å². The monoisotopic (exact) mass is 385 g/mol. The van der Waals surface area contributed by atoms with Crippen molar-refractivity contribution in [3.05, 3.63) is 41.0 Å². The average Bonchev–Trinajstić information content (AvgIpc) is 2.97. The van der Waals surface area contributed by atoms with Crippen molar-refractivity contribution in [2.24, 2.45) is 0 Å². The average molecular weight is 386 g/mol. The molecular formula is C21H28ClN5. The van der Waals surface area contributed by atoms with Crippen molar-refractivity contribution < 1.29 is 0 Å². The molecule has 5 nitrogen and oxygen atoms in total. The van der Waals surface area contributed by atoms with Gasteiger partial charge in [0.2, 0.25) is 5.95 Å². The second-order valence-corrected chi connectivity index (χ2v) is 7.96. The number of aromatic nitrogens is 2. The molecule has 0 aliphatic carbocycles. The Bertz CT molecular complexity index is 765. The van der Waals surface area contributed by atoms with Gasteiger partial charge in [0.1, 0.15) is 5.82 Å². The van der Waals surface area contributed by atoms with Crippen molar-refractivity contribution in [2.45, 2.75) is 32.6 Å². The van der Waals surface area contributed by atoms with Gasteiger partial charge in [-0.3, -0.25) is 0 Å². The van der Waals surface area contributed by atoms with Crippen LogP contribution < -0.4 is 14.7 Å². The predicted molar refractivity (Wildman–Crippen MR) is 113 cm³/mol. The van der Waals surface area contributed by atoms with Crippen molar-refractivity contribution in [3.63, 3.8) is 0 Å². The zero-order valence-electron chi connectivity index (χ0n) is 16.1. The number of hydrogen-bond acceptors (Lipinski definition) is 5. The van der Waals surface area contributed by atoms with Crippen LogP contribution in [-0.2, 0) is 0 Å². The standard InChI is InChI=1S/C21H28ClN5/c1-17-15-20(26-9-4-2-3-5-10-26)24-21(23-17)27-13-11-25(12-14-27)19-8-6-7-18(22)16-19/h6-8,15-16H,2-5,9-14H2,1H3. The molecular weight excluding hydrogens is 358 g/mol. The first-order chi connectivity index (χ1) is 13.2. The van der Waals surface area contributed by atoms with E-state index in [0.717, 1.165) is 61.8 Å². The zero-order valence-corrected chi connectivity index (χ0v) is 16.8. The molecule has 0 amide bonds. The first kappa shape index (κ1) is 18.4. The second kappa shape index (κ2) is 8.34. The summed E-state index contributed by atoms with van der Waals surface area (Å²) < 4.78 is 0. The van der Waals surface area contributed by atoms with Crippen molar-refractivity contribution in [3.8, 4) is 0 Å². The van der Waals surface area contributed by atoms with Crippen LogP contribution in [0.2, 0.25) is 5.02 Å². The Kier molecular flexibility index (Phi) is 5.67. The Morgan fingerprint density at radius 1 is 0.778 bits per heavy atom. The van der Waals surface area contributed by atoms with Crippen LogP contribution in [-0.4, -0.2) is 49.2 Å². The molecule has 0 radical (unpaired) electrons. The van der Waals surface area contributed by atoms with Crippen molar-refractivity contribution in [1.82, 2.24) is 9.97 Å². The number of anilines is 3. The highest BCUT2D eigenvalue weighted by Crippen LogP contribution is 2.24. The Hall–Kier alpha value is -2.01. The maximum absolute atomic E-state index is 6.15. The summed E-state index contributed by atoms with van der Waals surface area (Å²) in [7, 11) is 0. The van der Waals surface area contributed by atoms with Gasteiger partial charge in [-0.15, -0.1) is 0 Å². The van der Waals surface area contributed by atoms with E-state index in [1.165, 1.54) is 31.4 Å². The van der Waals surface area contributed by atoms with E-state index in [0.29, 0.717) is 0 Å². The van der Waals surface area contributed by atoms with Crippen LogP contribution in [0.5, 0.6) is 0 Å². The van der Waals surface area contributed by atoms with Gasteiger partial charge in [0.25, 0.3) is 0 Å². The van der Waals surface area contributed by atoms with Gasteiger partial charge in [0, 0.05) is 61.7 Å². The van der Waals surface area contributed by atoms with Gasteiger partial charge >= 0.3 is 0 Å². The third-order valence-corrected chi connectivity index (χ3v) is 5.73. The van der Waals surface area contributed by atoms with Gasteiger partial charge in [0.15, 0.2) is 0 Å². The first-order valence-corrected chi connectivity index (χ1v) is 10.4. The normalized spacial score (nSPS) is 18.5. The smallest absolute Gasteiger partial charge is 0.227 e. The molecule has 1 aromatic carbocycles. The van der Waals surface area contributed by atoms with E-state index in [1.54, 1.807) is 0 Å². The third kappa shape index (κ3) is 4.46. The minimum Gasteiger partial charge on any atom is -0.368 e. The molecule has 2 aliphatic rings. The van der Waals surface area contributed by atoms with Crippen LogP contribution >= 0.6 is 11.6 Å². The number of aryl methyl sites for hydroxylation is 1. The van der Waals surface area contributed by atoms with E-state index in [1.807, 2.05) is 18.2 Å². The highest BCUT2D eigenvalue weighted by molar-refractivity contribution is 6.30. The molecule has 1 aromatic heterocycles. The molecule has 6 heteroatoms. The van der Waals surface area contributed by atoms with Gasteiger partial charge in [0.05, 0.1) is 0 Å². The summed E-state index contributed by atoms with van der Waals surface area (Å²) in [6.45, 7) is 8.06. The Morgan fingerprint density at radius 2 is 1.48 bits per heavy atom. The van der Waals surface area contributed by atoms with Gasteiger partial charge in [-0.25, -0.2) is 4.98 Å². The molecule has 0 unspecified atom stereocenters. The molecule has 2 fully saturated rings. The lowest BCUT2D eigenvalue weighted by molar-refractivity contribution is 0.637. The maximum atomic E-state index is 6.15. The van der Waals surface area contributed by atoms with E-state index in [2.05, 4.69) is 33.8 Å². The molecule has 4 rings (SSSR count). The SMILES string of the molecule is Cc1cc(N2CCCCCC2)nc(N2CCN(c3cccc(Cl)c3)CC2)n1. The molecule has 0 spiro atoms. The van der Waals surface area contributed by atoms with Gasteiger partial charge in [-0.05, 0) is 38.0 Å². The molecule has 0 atom stereocenters. The van der Waals surface area contributed by atoms with E-state index < -0.39 is 0 Å². The van der Waals surface area contributed by atoms with E-state index in [-0.39, 0.29) is 0 Å². The number of hydrogen-bond donors (Lipinski definition) is 0. The molecule has 27 heavy (non-hydrogen) atoms. The summed E-state index contributed by atoms with van der Waals surface area (Å²) >= 11 is 6.15. The zero-order chi connectivity index (χ0) is 18.6. The summed E-state index contributed by atoms with van der Waals surface area (Å²) in [5.41, 5.74) is 2.24.